The molecule has 0 bridgehead atoms. The average molecular weight is 287 g/mol. The second-order valence-corrected chi connectivity index (χ2v) is 5.47. The molecule has 1 unspecified atom stereocenters. The van der Waals surface area contributed by atoms with Crippen molar-refractivity contribution in [2.75, 3.05) is 0 Å². The monoisotopic (exact) mass is 287 g/mol. The van der Waals surface area contributed by atoms with Gasteiger partial charge in [0.25, 0.3) is 0 Å². The van der Waals surface area contributed by atoms with Crippen LogP contribution in [0.4, 0.5) is 8.78 Å². The van der Waals surface area contributed by atoms with Crippen molar-refractivity contribution in [1.29, 1.82) is 0 Å². The molecule has 4 rings (SSSR count). The van der Waals surface area contributed by atoms with E-state index >= 15 is 0 Å². The second kappa shape index (κ2) is 3.85. The molecule has 0 fully saturated rings. The molecule has 0 amide bonds. The number of nitrogens with zero attached hydrogens (tertiary/aromatic N) is 3. The summed E-state index contributed by atoms with van der Waals surface area (Å²) in [6.07, 6.45) is 3.21. The molecular formula is C15H11F2N3O. The Bertz CT molecular complexity index is 886. The Morgan fingerprint density at radius 1 is 1.29 bits per heavy atom. The number of halogens is 2. The van der Waals surface area contributed by atoms with E-state index in [1.165, 1.54) is 0 Å². The zero-order valence-electron chi connectivity index (χ0n) is 11.1. The van der Waals surface area contributed by atoms with Crippen molar-refractivity contribution in [1.82, 2.24) is 14.5 Å². The number of hydrogen-bond donors (Lipinski definition) is 1. The minimum atomic E-state index is -1.12. The molecule has 0 aliphatic carbocycles. The van der Waals surface area contributed by atoms with Crippen LogP contribution in [0.15, 0.2) is 30.6 Å². The minimum Gasteiger partial charge on any atom is -0.384 e. The molecule has 3 aromatic rings. The number of aliphatic hydroxyl groups is 1. The van der Waals surface area contributed by atoms with Crippen molar-refractivity contribution >= 4 is 11.0 Å². The van der Waals surface area contributed by atoms with Crippen molar-refractivity contribution in [3.63, 3.8) is 0 Å². The number of imidazole rings is 1. The Kier molecular flexibility index (Phi) is 2.28. The Balaban J connectivity index is 2.10. The van der Waals surface area contributed by atoms with Gasteiger partial charge in [-0.25, -0.2) is 13.8 Å². The van der Waals surface area contributed by atoms with Crippen molar-refractivity contribution in [3.8, 4) is 11.4 Å². The molecule has 0 saturated heterocycles. The first-order valence-corrected chi connectivity index (χ1v) is 6.50. The molecular weight excluding hydrogens is 276 g/mol. The van der Waals surface area contributed by atoms with Crippen molar-refractivity contribution < 1.29 is 13.9 Å². The van der Waals surface area contributed by atoms with Crippen LogP contribution in [-0.2, 0) is 12.1 Å². The van der Waals surface area contributed by atoms with Crippen LogP contribution in [0.5, 0.6) is 0 Å². The lowest BCUT2D eigenvalue weighted by atomic mass is 9.89. The van der Waals surface area contributed by atoms with E-state index in [1.807, 2.05) is 0 Å². The Labute approximate surface area is 118 Å². The highest BCUT2D eigenvalue weighted by atomic mass is 19.2. The highest BCUT2D eigenvalue weighted by Gasteiger charge is 2.35. The van der Waals surface area contributed by atoms with Gasteiger partial charge in [-0.1, -0.05) is 0 Å². The van der Waals surface area contributed by atoms with Crippen LogP contribution in [0.25, 0.3) is 22.4 Å². The smallest absolute Gasteiger partial charge is 0.161 e. The molecule has 106 valence electrons. The van der Waals surface area contributed by atoms with Crippen LogP contribution < -0.4 is 0 Å². The number of benzene rings is 1. The largest absolute Gasteiger partial charge is 0.384 e. The number of rotatable bonds is 0. The third-order valence-electron chi connectivity index (χ3n) is 3.90. The van der Waals surface area contributed by atoms with Crippen molar-refractivity contribution in [3.05, 3.63) is 47.8 Å². The van der Waals surface area contributed by atoms with Gasteiger partial charge in [-0.15, -0.1) is 0 Å². The molecule has 6 heteroatoms. The predicted octanol–water partition coefficient (Wildman–Crippen LogP) is 2.60. The zero-order valence-corrected chi connectivity index (χ0v) is 11.1. The van der Waals surface area contributed by atoms with Gasteiger partial charge in [0, 0.05) is 30.1 Å². The molecule has 1 aliphatic rings. The SMILES string of the molecule is CC1(O)Cn2c(nc3cc(F)c(F)cc32)-c2cnccc21. The fraction of sp³-hybridized carbons (Fsp3) is 0.200. The molecule has 1 atom stereocenters. The molecule has 3 heterocycles. The summed E-state index contributed by atoms with van der Waals surface area (Å²) in [7, 11) is 0. The lowest BCUT2D eigenvalue weighted by Gasteiger charge is -2.31. The molecule has 0 radical (unpaired) electrons. The normalized spacial score (nSPS) is 20.4. The lowest BCUT2D eigenvalue weighted by Crippen LogP contribution is -2.32. The van der Waals surface area contributed by atoms with E-state index in [2.05, 4.69) is 9.97 Å². The minimum absolute atomic E-state index is 0.223. The van der Waals surface area contributed by atoms with Crippen molar-refractivity contribution in [2.24, 2.45) is 0 Å². The Morgan fingerprint density at radius 2 is 2.05 bits per heavy atom. The summed E-state index contributed by atoms with van der Waals surface area (Å²) in [6.45, 7) is 1.90. The number of pyridine rings is 1. The predicted molar refractivity (Wildman–Crippen MR) is 72.5 cm³/mol. The van der Waals surface area contributed by atoms with E-state index < -0.39 is 17.2 Å². The van der Waals surface area contributed by atoms with Crippen LogP contribution in [-0.4, -0.2) is 19.6 Å². The molecule has 1 aliphatic heterocycles. The van der Waals surface area contributed by atoms with E-state index in [-0.39, 0.29) is 6.54 Å². The summed E-state index contributed by atoms with van der Waals surface area (Å²) in [6, 6.07) is 3.92. The standard InChI is InChI=1S/C15H11F2N3O/c1-15(21)7-20-13-5-11(17)10(16)4-12(13)19-14(20)8-6-18-3-2-9(8)15/h2-6,21H,7H2,1H3. The van der Waals surface area contributed by atoms with Crippen LogP contribution in [0.1, 0.15) is 12.5 Å². The third-order valence-corrected chi connectivity index (χ3v) is 3.90. The topological polar surface area (TPSA) is 50.9 Å². The van der Waals surface area contributed by atoms with Gasteiger partial charge in [-0.2, -0.15) is 0 Å². The molecule has 4 nitrogen and oxygen atoms in total. The van der Waals surface area contributed by atoms with E-state index in [0.717, 1.165) is 12.1 Å². The molecule has 0 spiro atoms. The first-order valence-electron chi connectivity index (χ1n) is 6.50. The quantitative estimate of drug-likeness (QED) is 0.691. The zero-order chi connectivity index (χ0) is 14.8. The molecule has 1 aromatic carbocycles. The average Bonchev–Trinajstić information content (AvgIpc) is 2.77. The van der Waals surface area contributed by atoms with Crippen LogP contribution in [0, 0.1) is 11.6 Å². The van der Waals surface area contributed by atoms with Gasteiger partial charge in [0.1, 0.15) is 11.4 Å². The lowest BCUT2D eigenvalue weighted by molar-refractivity contribution is 0.0370. The van der Waals surface area contributed by atoms with Crippen LogP contribution in [0.2, 0.25) is 0 Å². The molecule has 2 aromatic heterocycles. The maximum absolute atomic E-state index is 13.5. The highest BCUT2D eigenvalue weighted by molar-refractivity contribution is 5.82. The van der Waals surface area contributed by atoms with Gasteiger partial charge in [-0.3, -0.25) is 4.98 Å². The Morgan fingerprint density at radius 3 is 2.86 bits per heavy atom. The third kappa shape index (κ3) is 1.62. The maximum Gasteiger partial charge on any atom is 0.161 e. The number of aromatic nitrogens is 3. The fourth-order valence-electron chi connectivity index (χ4n) is 2.92. The Hall–Kier alpha value is -2.34. The molecule has 0 saturated carbocycles. The summed E-state index contributed by atoms with van der Waals surface area (Å²) in [4.78, 5) is 8.42. The van der Waals surface area contributed by atoms with Crippen molar-refractivity contribution in [2.45, 2.75) is 19.1 Å². The summed E-state index contributed by atoms with van der Waals surface area (Å²) >= 11 is 0. The first kappa shape index (κ1) is 12.4. The van der Waals surface area contributed by atoms with Gasteiger partial charge in [0.2, 0.25) is 0 Å². The molecule has 1 N–H and O–H groups in total. The van der Waals surface area contributed by atoms with E-state index in [1.54, 1.807) is 30.0 Å². The van der Waals surface area contributed by atoms with Crippen LogP contribution >= 0.6 is 0 Å². The fourth-order valence-corrected chi connectivity index (χ4v) is 2.92. The summed E-state index contributed by atoms with van der Waals surface area (Å²) in [5.41, 5.74) is 1.08. The summed E-state index contributed by atoms with van der Waals surface area (Å²) < 4.78 is 28.6. The maximum atomic E-state index is 13.5. The van der Waals surface area contributed by atoms with E-state index in [9.17, 15) is 13.9 Å². The second-order valence-electron chi connectivity index (χ2n) is 5.47. The van der Waals surface area contributed by atoms with E-state index in [0.29, 0.717) is 28.0 Å². The van der Waals surface area contributed by atoms with Crippen LogP contribution in [0.3, 0.4) is 0 Å². The van der Waals surface area contributed by atoms with Gasteiger partial charge in [0.15, 0.2) is 11.6 Å². The highest BCUT2D eigenvalue weighted by Crippen LogP contribution is 2.39. The first-order chi connectivity index (χ1) is 9.97. The molecule has 21 heavy (non-hydrogen) atoms. The summed E-state index contributed by atoms with van der Waals surface area (Å²) in [5, 5.41) is 10.6. The number of fused-ring (bicyclic) bond motifs is 5. The van der Waals surface area contributed by atoms with Gasteiger partial charge < -0.3 is 9.67 Å². The van der Waals surface area contributed by atoms with E-state index in [4.69, 9.17) is 0 Å². The van der Waals surface area contributed by atoms with Gasteiger partial charge in [0.05, 0.1) is 17.6 Å². The van der Waals surface area contributed by atoms with Gasteiger partial charge >= 0.3 is 0 Å². The number of hydrogen-bond acceptors (Lipinski definition) is 3. The summed E-state index contributed by atoms with van der Waals surface area (Å²) in [5.74, 6) is -1.30. The van der Waals surface area contributed by atoms with Gasteiger partial charge in [-0.05, 0) is 18.6 Å².